The van der Waals surface area contributed by atoms with Crippen molar-refractivity contribution >= 4 is 35.8 Å². The number of guanidine groups is 1. The van der Waals surface area contributed by atoms with Crippen LogP contribution in [0.2, 0.25) is 0 Å². The highest BCUT2D eigenvalue weighted by atomic mass is 127. The molecule has 1 amide bonds. The summed E-state index contributed by atoms with van der Waals surface area (Å²) in [5.74, 6) is 1.58. The predicted molar refractivity (Wildman–Crippen MR) is 147 cm³/mol. The van der Waals surface area contributed by atoms with E-state index in [-0.39, 0.29) is 29.9 Å². The summed E-state index contributed by atoms with van der Waals surface area (Å²) < 4.78 is 0. The Morgan fingerprint density at radius 3 is 2.06 bits per heavy atom. The maximum absolute atomic E-state index is 12.0. The van der Waals surface area contributed by atoms with Gasteiger partial charge in [0.2, 0.25) is 0 Å². The first-order valence-electron chi connectivity index (χ1n) is 11.5. The SMILES string of the molecule is CN=C(NCc1ccc(CN2CCCC(C)C2)cc1)NCc1ccc(C(=O)N(C)C)cc1.I. The number of nitrogens with one attached hydrogen (secondary N) is 2. The van der Waals surface area contributed by atoms with Gasteiger partial charge in [-0.1, -0.05) is 43.3 Å². The van der Waals surface area contributed by atoms with Crippen LogP contribution in [-0.2, 0) is 19.6 Å². The number of carbonyl (C=O) groups is 1. The second kappa shape index (κ2) is 13.5. The Morgan fingerprint density at radius 1 is 1.00 bits per heavy atom. The molecule has 1 aliphatic rings. The molecule has 0 spiro atoms. The number of halogens is 1. The minimum Gasteiger partial charge on any atom is -0.352 e. The van der Waals surface area contributed by atoms with Crippen LogP contribution < -0.4 is 10.6 Å². The number of hydrogen-bond acceptors (Lipinski definition) is 3. The molecule has 7 heteroatoms. The predicted octanol–water partition coefficient (Wildman–Crippen LogP) is 4.10. The highest BCUT2D eigenvalue weighted by Gasteiger charge is 2.16. The first-order valence-corrected chi connectivity index (χ1v) is 11.5. The van der Waals surface area contributed by atoms with Crippen molar-refractivity contribution in [3.63, 3.8) is 0 Å². The maximum atomic E-state index is 12.0. The number of nitrogens with zero attached hydrogens (tertiary/aromatic N) is 3. The third-order valence-corrected chi connectivity index (χ3v) is 5.92. The first kappa shape index (κ1) is 27.1. The zero-order valence-electron chi connectivity index (χ0n) is 20.3. The summed E-state index contributed by atoms with van der Waals surface area (Å²) in [5.41, 5.74) is 4.40. The summed E-state index contributed by atoms with van der Waals surface area (Å²) in [5, 5.41) is 6.71. The monoisotopic (exact) mass is 563 g/mol. The second-order valence-electron chi connectivity index (χ2n) is 8.97. The van der Waals surface area contributed by atoms with Gasteiger partial charge >= 0.3 is 0 Å². The van der Waals surface area contributed by atoms with Crippen molar-refractivity contribution in [1.29, 1.82) is 0 Å². The van der Waals surface area contributed by atoms with Gasteiger partial charge in [0.1, 0.15) is 0 Å². The Balaban J connectivity index is 0.00000385. The van der Waals surface area contributed by atoms with Crippen molar-refractivity contribution in [2.45, 2.75) is 39.4 Å². The summed E-state index contributed by atoms with van der Waals surface area (Å²) in [6.45, 7) is 7.17. The highest BCUT2D eigenvalue weighted by molar-refractivity contribution is 14.0. The van der Waals surface area contributed by atoms with Gasteiger partial charge in [-0.2, -0.15) is 0 Å². The van der Waals surface area contributed by atoms with E-state index >= 15 is 0 Å². The Bertz CT molecular complexity index is 896. The van der Waals surface area contributed by atoms with Gasteiger partial charge in [0, 0.05) is 52.9 Å². The molecule has 2 aromatic rings. The summed E-state index contributed by atoms with van der Waals surface area (Å²) in [6.07, 6.45) is 2.67. The number of hydrogen-bond donors (Lipinski definition) is 2. The maximum Gasteiger partial charge on any atom is 0.253 e. The van der Waals surface area contributed by atoms with E-state index in [4.69, 9.17) is 0 Å². The van der Waals surface area contributed by atoms with Gasteiger partial charge in [-0.15, -0.1) is 24.0 Å². The Labute approximate surface area is 215 Å². The lowest BCUT2D eigenvalue weighted by Gasteiger charge is -2.30. The summed E-state index contributed by atoms with van der Waals surface area (Å²) in [4.78, 5) is 20.5. The van der Waals surface area contributed by atoms with Crippen molar-refractivity contribution in [3.05, 3.63) is 70.8 Å². The van der Waals surface area contributed by atoms with E-state index in [2.05, 4.69) is 51.7 Å². The fourth-order valence-corrected chi connectivity index (χ4v) is 4.07. The van der Waals surface area contributed by atoms with Gasteiger partial charge in [-0.25, -0.2) is 0 Å². The van der Waals surface area contributed by atoms with Crippen LogP contribution in [0.3, 0.4) is 0 Å². The van der Waals surface area contributed by atoms with Crippen molar-refractivity contribution < 1.29 is 4.79 Å². The van der Waals surface area contributed by atoms with Crippen molar-refractivity contribution in [2.75, 3.05) is 34.2 Å². The van der Waals surface area contributed by atoms with Crippen molar-refractivity contribution in [1.82, 2.24) is 20.4 Å². The van der Waals surface area contributed by atoms with E-state index in [1.54, 1.807) is 26.0 Å². The van der Waals surface area contributed by atoms with Gasteiger partial charge in [0.25, 0.3) is 5.91 Å². The van der Waals surface area contributed by atoms with E-state index < -0.39 is 0 Å². The van der Waals surface area contributed by atoms with Crippen LogP contribution in [0.5, 0.6) is 0 Å². The molecular formula is C26H38IN5O. The molecule has 0 aliphatic carbocycles. The third kappa shape index (κ3) is 8.62. The van der Waals surface area contributed by atoms with E-state index in [9.17, 15) is 4.79 Å². The van der Waals surface area contributed by atoms with Crippen LogP contribution in [0, 0.1) is 5.92 Å². The molecule has 0 radical (unpaired) electrons. The summed E-state index contributed by atoms with van der Waals surface area (Å²) in [7, 11) is 5.29. The highest BCUT2D eigenvalue weighted by Crippen LogP contribution is 2.18. The average molecular weight is 564 g/mol. The molecule has 1 unspecified atom stereocenters. The molecule has 180 valence electrons. The molecule has 2 aromatic carbocycles. The number of amides is 1. The van der Waals surface area contributed by atoms with E-state index in [0.29, 0.717) is 12.1 Å². The third-order valence-electron chi connectivity index (χ3n) is 5.92. The lowest BCUT2D eigenvalue weighted by Crippen LogP contribution is -2.36. The van der Waals surface area contributed by atoms with E-state index in [1.165, 1.54) is 37.1 Å². The van der Waals surface area contributed by atoms with Gasteiger partial charge in [-0.05, 0) is 54.1 Å². The Morgan fingerprint density at radius 2 is 1.55 bits per heavy atom. The molecule has 1 saturated heterocycles. The van der Waals surface area contributed by atoms with Crippen LogP contribution in [-0.4, -0.2) is 55.9 Å². The largest absolute Gasteiger partial charge is 0.352 e. The van der Waals surface area contributed by atoms with Crippen molar-refractivity contribution in [3.8, 4) is 0 Å². The molecule has 6 nitrogen and oxygen atoms in total. The van der Waals surface area contributed by atoms with Crippen molar-refractivity contribution in [2.24, 2.45) is 10.9 Å². The average Bonchev–Trinajstić information content (AvgIpc) is 2.80. The van der Waals surface area contributed by atoms with Gasteiger partial charge in [0.05, 0.1) is 0 Å². The Hall–Kier alpha value is -2.13. The van der Waals surface area contributed by atoms with Gasteiger partial charge in [-0.3, -0.25) is 14.7 Å². The number of carbonyl (C=O) groups excluding carboxylic acids is 1. The molecule has 1 atom stereocenters. The lowest BCUT2D eigenvalue weighted by atomic mass is 9.99. The Kier molecular flexibility index (Phi) is 11.1. The van der Waals surface area contributed by atoms with Gasteiger partial charge < -0.3 is 15.5 Å². The van der Waals surface area contributed by atoms with E-state index in [1.807, 2.05) is 24.3 Å². The number of benzene rings is 2. The minimum atomic E-state index is 0. The number of likely N-dealkylation sites (tertiary alicyclic amines) is 1. The molecule has 1 aliphatic heterocycles. The minimum absolute atomic E-state index is 0. The molecular weight excluding hydrogens is 525 g/mol. The molecule has 0 saturated carbocycles. The molecule has 3 rings (SSSR count). The summed E-state index contributed by atoms with van der Waals surface area (Å²) in [6, 6.07) is 16.5. The van der Waals surface area contributed by atoms with E-state index in [0.717, 1.165) is 30.5 Å². The second-order valence-corrected chi connectivity index (χ2v) is 8.97. The summed E-state index contributed by atoms with van der Waals surface area (Å²) >= 11 is 0. The standard InChI is InChI=1S/C26H37N5O.HI/c1-20-6-5-15-31(18-20)19-23-9-7-21(8-10-23)16-28-26(27-2)29-17-22-11-13-24(14-12-22)25(32)30(3)4;/h7-14,20H,5-6,15-19H2,1-4H3,(H2,27,28,29);1H. The lowest BCUT2D eigenvalue weighted by molar-refractivity contribution is 0.0827. The van der Waals surface area contributed by atoms with Gasteiger partial charge in [0.15, 0.2) is 5.96 Å². The fraction of sp³-hybridized carbons (Fsp3) is 0.462. The zero-order chi connectivity index (χ0) is 22.9. The molecule has 1 fully saturated rings. The van der Waals surface area contributed by atoms with Crippen LogP contribution in [0.15, 0.2) is 53.5 Å². The zero-order valence-corrected chi connectivity index (χ0v) is 22.6. The van der Waals surface area contributed by atoms with Crippen LogP contribution in [0.4, 0.5) is 0 Å². The van der Waals surface area contributed by atoms with Crippen LogP contribution in [0.25, 0.3) is 0 Å². The molecule has 0 aromatic heterocycles. The number of piperidine rings is 1. The molecule has 1 heterocycles. The normalized spacial score (nSPS) is 16.6. The smallest absolute Gasteiger partial charge is 0.253 e. The fourth-order valence-electron chi connectivity index (χ4n) is 4.07. The number of rotatable bonds is 7. The molecule has 0 bridgehead atoms. The first-order chi connectivity index (χ1) is 15.4. The van der Waals surface area contributed by atoms with Crippen LogP contribution >= 0.6 is 24.0 Å². The molecule has 2 N–H and O–H groups in total. The number of aliphatic imine (C=N–C) groups is 1. The quantitative estimate of drug-likeness (QED) is 0.303. The topological polar surface area (TPSA) is 60.0 Å². The molecule has 33 heavy (non-hydrogen) atoms. The van der Waals surface area contributed by atoms with Crippen LogP contribution in [0.1, 0.15) is 46.8 Å².